The molecule has 3 heteroatoms. The summed E-state index contributed by atoms with van der Waals surface area (Å²) in [5, 5.41) is 5.16. The highest BCUT2D eigenvalue weighted by molar-refractivity contribution is 5.81. The van der Waals surface area contributed by atoms with Gasteiger partial charge in [0.05, 0.1) is 0 Å². The van der Waals surface area contributed by atoms with E-state index >= 15 is 0 Å². The lowest BCUT2D eigenvalue weighted by Gasteiger charge is -2.08. The number of pyridine rings is 1. The fourth-order valence-electron chi connectivity index (χ4n) is 2.03. The van der Waals surface area contributed by atoms with E-state index in [0.717, 1.165) is 30.4 Å². The minimum absolute atomic E-state index is 0.102. The first-order valence-corrected chi connectivity index (χ1v) is 6.62. The van der Waals surface area contributed by atoms with Crippen LogP contribution in [0.25, 0.3) is 10.8 Å². The van der Waals surface area contributed by atoms with Gasteiger partial charge in [0.15, 0.2) is 0 Å². The Labute approximate surface area is 107 Å². The molecule has 1 aromatic heterocycles. The quantitative estimate of drug-likeness (QED) is 0.792. The average molecular weight is 244 g/mol. The number of hydrogen-bond acceptors (Lipinski definition) is 2. The molecule has 0 unspecified atom stereocenters. The summed E-state index contributed by atoms with van der Waals surface area (Å²) in [6, 6.07) is 9.73. The second-order valence-electron chi connectivity index (χ2n) is 4.51. The molecular formula is C15H20N2O. The van der Waals surface area contributed by atoms with Crippen molar-refractivity contribution in [2.24, 2.45) is 0 Å². The molecule has 0 aliphatic rings. The van der Waals surface area contributed by atoms with Gasteiger partial charge in [0.25, 0.3) is 5.56 Å². The molecule has 2 aromatic rings. The van der Waals surface area contributed by atoms with Gasteiger partial charge in [-0.2, -0.15) is 0 Å². The Morgan fingerprint density at radius 2 is 2.00 bits per heavy atom. The molecule has 0 radical (unpaired) electrons. The first-order valence-electron chi connectivity index (χ1n) is 6.62. The zero-order valence-electron chi connectivity index (χ0n) is 10.9. The lowest BCUT2D eigenvalue weighted by Crippen LogP contribution is -2.27. The maximum atomic E-state index is 12.2. The molecule has 18 heavy (non-hydrogen) atoms. The zero-order valence-corrected chi connectivity index (χ0v) is 10.9. The van der Waals surface area contributed by atoms with Crippen molar-refractivity contribution in [2.45, 2.75) is 26.3 Å². The first-order chi connectivity index (χ1) is 8.83. The molecule has 0 amide bonds. The lowest BCUT2D eigenvalue weighted by atomic mass is 10.2. The average Bonchev–Trinajstić information content (AvgIpc) is 2.41. The third-order valence-electron chi connectivity index (χ3n) is 3.12. The van der Waals surface area contributed by atoms with Crippen LogP contribution in [0.3, 0.4) is 0 Å². The highest BCUT2D eigenvalue weighted by Gasteiger charge is 2.01. The van der Waals surface area contributed by atoms with E-state index in [9.17, 15) is 4.79 Å². The Bertz CT molecular complexity index is 560. The number of unbranched alkanes of at least 4 members (excludes halogenated alkanes) is 1. The largest absolute Gasteiger partial charge is 0.315 e. The number of rotatable bonds is 6. The standard InChI is InChI=1S/C15H20N2O/c1-2-3-9-16-10-12-17-11-8-13-6-4-5-7-14(13)15(17)18/h4-8,11,16H,2-3,9-10,12H2,1H3. The first kappa shape index (κ1) is 12.8. The summed E-state index contributed by atoms with van der Waals surface area (Å²) in [7, 11) is 0. The van der Waals surface area contributed by atoms with Crippen molar-refractivity contribution < 1.29 is 0 Å². The van der Waals surface area contributed by atoms with E-state index in [1.54, 1.807) is 4.57 Å². The molecule has 2 rings (SSSR count). The maximum absolute atomic E-state index is 12.2. The van der Waals surface area contributed by atoms with E-state index in [-0.39, 0.29) is 5.56 Å². The van der Waals surface area contributed by atoms with Crippen molar-refractivity contribution in [2.75, 3.05) is 13.1 Å². The molecule has 96 valence electrons. The SMILES string of the molecule is CCCCNCCn1ccc2ccccc2c1=O. The predicted molar refractivity (Wildman–Crippen MR) is 76.0 cm³/mol. The van der Waals surface area contributed by atoms with Gasteiger partial charge in [-0.1, -0.05) is 31.5 Å². The Morgan fingerprint density at radius 1 is 1.17 bits per heavy atom. The van der Waals surface area contributed by atoms with Crippen molar-refractivity contribution in [3.8, 4) is 0 Å². The van der Waals surface area contributed by atoms with Crippen LogP contribution >= 0.6 is 0 Å². The Hall–Kier alpha value is -1.61. The van der Waals surface area contributed by atoms with Gasteiger partial charge in [0.1, 0.15) is 0 Å². The van der Waals surface area contributed by atoms with Crippen LogP contribution in [-0.2, 0) is 6.54 Å². The van der Waals surface area contributed by atoms with E-state index in [4.69, 9.17) is 0 Å². The van der Waals surface area contributed by atoms with Gasteiger partial charge in [-0.15, -0.1) is 0 Å². The Kier molecular flexibility index (Phi) is 4.53. The van der Waals surface area contributed by atoms with Crippen molar-refractivity contribution in [3.63, 3.8) is 0 Å². The predicted octanol–water partition coefficient (Wildman–Crippen LogP) is 2.39. The summed E-state index contributed by atoms with van der Waals surface area (Å²) in [5.41, 5.74) is 0.102. The van der Waals surface area contributed by atoms with Crippen molar-refractivity contribution in [1.29, 1.82) is 0 Å². The smallest absolute Gasteiger partial charge is 0.258 e. The van der Waals surface area contributed by atoms with Gasteiger partial charge in [0.2, 0.25) is 0 Å². The molecule has 0 atom stereocenters. The van der Waals surface area contributed by atoms with Gasteiger partial charge < -0.3 is 9.88 Å². The summed E-state index contributed by atoms with van der Waals surface area (Å²) < 4.78 is 1.78. The summed E-state index contributed by atoms with van der Waals surface area (Å²) >= 11 is 0. The highest BCUT2D eigenvalue weighted by Crippen LogP contribution is 2.07. The normalized spacial score (nSPS) is 10.9. The maximum Gasteiger partial charge on any atom is 0.258 e. The van der Waals surface area contributed by atoms with Gasteiger partial charge in [-0.05, 0) is 30.5 Å². The van der Waals surface area contributed by atoms with Crippen LogP contribution in [0.15, 0.2) is 41.3 Å². The highest BCUT2D eigenvalue weighted by atomic mass is 16.1. The van der Waals surface area contributed by atoms with Crippen LogP contribution in [0.4, 0.5) is 0 Å². The molecule has 0 fully saturated rings. The van der Waals surface area contributed by atoms with Gasteiger partial charge >= 0.3 is 0 Å². The molecule has 0 spiro atoms. The van der Waals surface area contributed by atoms with Crippen molar-refractivity contribution >= 4 is 10.8 Å². The minimum Gasteiger partial charge on any atom is -0.315 e. The van der Waals surface area contributed by atoms with Crippen LogP contribution in [0.5, 0.6) is 0 Å². The molecule has 0 bridgehead atoms. The summed E-state index contributed by atoms with van der Waals surface area (Å²) in [6.07, 6.45) is 4.27. The van der Waals surface area contributed by atoms with Crippen LogP contribution in [0.1, 0.15) is 19.8 Å². The van der Waals surface area contributed by atoms with Gasteiger partial charge in [-0.25, -0.2) is 0 Å². The number of hydrogen-bond donors (Lipinski definition) is 1. The third kappa shape index (κ3) is 2.99. The molecule has 0 aliphatic heterocycles. The summed E-state index contributed by atoms with van der Waals surface area (Å²) in [5.74, 6) is 0. The van der Waals surface area contributed by atoms with Crippen molar-refractivity contribution in [3.05, 3.63) is 46.9 Å². The molecule has 0 saturated carbocycles. The van der Waals surface area contributed by atoms with Crippen LogP contribution in [-0.4, -0.2) is 17.7 Å². The molecule has 0 saturated heterocycles. The second-order valence-corrected chi connectivity index (χ2v) is 4.51. The van der Waals surface area contributed by atoms with Crippen LogP contribution in [0, 0.1) is 0 Å². The van der Waals surface area contributed by atoms with E-state index in [0.29, 0.717) is 0 Å². The summed E-state index contributed by atoms with van der Waals surface area (Å²) in [6.45, 7) is 4.78. The number of nitrogens with zero attached hydrogens (tertiary/aromatic N) is 1. The van der Waals surface area contributed by atoms with E-state index in [1.165, 1.54) is 12.8 Å². The van der Waals surface area contributed by atoms with Crippen LogP contribution in [0.2, 0.25) is 0 Å². The third-order valence-corrected chi connectivity index (χ3v) is 3.12. The Morgan fingerprint density at radius 3 is 2.83 bits per heavy atom. The van der Waals surface area contributed by atoms with E-state index in [1.807, 2.05) is 36.5 Å². The zero-order chi connectivity index (χ0) is 12.8. The van der Waals surface area contributed by atoms with E-state index < -0.39 is 0 Å². The molecule has 1 N–H and O–H groups in total. The topological polar surface area (TPSA) is 34.0 Å². The fraction of sp³-hybridized carbons (Fsp3) is 0.400. The van der Waals surface area contributed by atoms with Crippen LogP contribution < -0.4 is 10.9 Å². The molecule has 1 aromatic carbocycles. The number of aromatic nitrogens is 1. The monoisotopic (exact) mass is 244 g/mol. The van der Waals surface area contributed by atoms with Crippen molar-refractivity contribution in [1.82, 2.24) is 9.88 Å². The Balaban J connectivity index is 2.05. The molecule has 3 nitrogen and oxygen atoms in total. The number of benzene rings is 1. The second kappa shape index (κ2) is 6.36. The number of fused-ring (bicyclic) bond motifs is 1. The number of nitrogens with one attached hydrogen (secondary N) is 1. The van der Waals surface area contributed by atoms with E-state index in [2.05, 4.69) is 12.2 Å². The molecular weight excluding hydrogens is 224 g/mol. The fourth-order valence-corrected chi connectivity index (χ4v) is 2.03. The van der Waals surface area contributed by atoms with Gasteiger partial charge in [-0.3, -0.25) is 4.79 Å². The molecule has 0 aliphatic carbocycles. The summed E-state index contributed by atoms with van der Waals surface area (Å²) in [4.78, 5) is 12.2. The minimum atomic E-state index is 0.102. The van der Waals surface area contributed by atoms with Gasteiger partial charge in [0, 0.05) is 24.7 Å². The lowest BCUT2D eigenvalue weighted by molar-refractivity contribution is 0.572. The molecule has 1 heterocycles.